The van der Waals surface area contributed by atoms with Gasteiger partial charge in [-0.2, -0.15) is 0 Å². The largest absolute Gasteiger partial charge is 0.508 e. The van der Waals surface area contributed by atoms with E-state index in [1.807, 2.05) is 12.1 Å². The van der Waals surface area contributed by atoms with Gasteiger partial charge in [-0.1, -0.05) is 12.1 Å². The molecule has 0 radical (unpaired) electrons. The van der Waals surface area contributed by atoms with E-state index in [4.69, 9.17) is 5.11 Å². The third-order valence-corrected chi connectivity index (χ3v) is 2.84. The molecule has 0 aliphatic rings. The molecule has 1 amide bonds. The predicted octanol–water partition coefficient (Wildman–Crippen LogP) is 1.88. The van der Waals surface area contributed by atoms with E-state index >= 15 is 0 Å². The molecule has 0 fully saturated rings. The van der Waals surface area contributed by atoms with Crippen LogP contribution in [0.3, 0.4) is 0 Å². The van der Waals surface area contributed by atoms with Crippen LogP contribution in [0.1, 0.15) is 15.9 Å². The highest BCUT2D eigenvalue weighted by Crippen LogP contribution is 2.23. The SMILES string of the molecule is O=C(Nc1ccc(CCO)cc1)c1ccc(O)cc1O. The quantitative estimate of drug-likeness (QED) is 0.684. The summed E-state index contributed by atoms with van der Waals surface area (Å²) in [5.41, 5.74) is 1.64. The van der Waals surface area contributed by atoms with Crippen molar-refractivity contribution in [3.8, 4) is 11.5 Å². The molecular weight excluding hydrogens is 258 g/mol. The first kappa shape index (κ1) is 13.9. The van der Waals surface area contributed by atoms with Crippen molar-refractivity contribution in [3.63, 3.8) is 0 Å². The zero-order chi connectivity index (χ0) is 14.5. The molecule has 0 aliphatic carbocycles. The highest BCUT2D eigenvalue weighted by atomic mass is 16.3. The number of rotatable bonds is 4. The van der Waals surface area contributed by atoms with Crippen molar-refractivity contribution in [3.05, 3.63) is 53.6 Å². The fourth-order valence-corrected chi connectivity index (χ4v) is 1.79. The second-order valence-corrected chi connectivity index (χ2v) is 4.33. The number of benzene rings is 2. The van der Waals surface area contributed by atoms with Crippen molar-refractivity contribution in [1.82, 2.24) is 0 Å². The number of hydrogen-bond acceptors (Lipinski definition) is 4. The van der Waals surface area contributed by atoms with Crippen LogP contribution < -0.4 is 5.32 Å². The van der Waals surface area contributed by atoms with Crippen molar-refractivity contribution in [2.45, 2.75) is 6.42 Å². The van der Waals surface area contributed by atoms with Crippen LogP contribution in [-0.2, 0) is 6.42 Å². The van der Waals surface area contributed by atoms with E-state index in [1.165, 1.54) is 12.1 Å². The van der Waals surface area contributed by atoms with Crippen molar-refractivity contribution >= 4 is 11.6 Å². The average Bonchev–Trinajstić information content (AvgIpc) is 2.41. The van der Waals surface area contributed by atoms with Gasteiger partial charge in [0.05, 0.1) is 5.56 Å². The highest BCUT2D eigenvalue weighted by molar-refractivity contribution is 6.06. The van der Waals surface area contributed by atoms with Gasteiger partial charge >= 0.3 is 0 Å². The number of aliphatic hydroxyl groups is 1. The molecule has 0 heterocycles. The molecule has 2 aromatic rings. The van der Waals surface area contributed by atoms with E-state index < -0.39 is 5.91 Å². The van der Waals surface area contributed by atoms with Gasteiger partial charge in [0.2, 0.25) is 0 Å². The van der Waals surface area contributed by atoms with E-state index in [0.29, 0.717) is 12.1 Å². The Balaban J connectivity index is 2.11. The summed E-state index contributed by atoms with van der Waals surface area (Å²) in [7, 11) is 0. The predicted molar refractivity (Wildman–Crippen MR) is 75.0 cm³/mol. The third-order valence-electron chi connectivity index (χ3n) is 2.84. The number of aromatic hydroxyl groups is 2. The molecule has 2 aromatic carbocycles. The summed E-state index contributed by atoms with van der Waals surface area (Å²) < 4.78 is 0. The van der Waals surface area contributed by atoms with Crippen LogP contribution in [0.5, 0.6) is 11.5 Å². The number of carbonyl (C=O) groups is 1. The molecule has 5 nitrogen and oxygen atoms in total. The highest BCUT2D eigenvalue weighted by Gasteiger charge is 2.11. The maximum Gasteiger partial charge on any atom is 0.259 e. The van der Waals surface area contributed by atoms with Gasteiger partial charge in [0.1, 0.15) is 11.5 Å². The Morgan fingerprint density at radius 1 is 1.05 bits per heavy atom. The zero-order valence-corrected chi connectivity index (χ0v) is 10.7. The summed E-state index contributed by atoms with van der Waals surface area (Å²) in [5, 5.41) is 30.2. The van der Waals surface area contributed by atoms with Gasteiger partial charge in [-0.3, -0.25) is 4.79 Å². The molecule has 0 unspecified atom stereocenters. The van der Waals surface area contributed by atoms with Gasteiger partial charge in [0, 0.05) is 18.4 Å². The Bertz CT molecular complexity index is 608. The molecule has 0 saturated heterocycles. The molecule has 0 bridgehead atoms. The first-order chi connectivity index (χ1) is 9.60. The summed E-state index contributed by atoms with van der Waals surface area (Å²) in [5.74, 6) is -0.843. The Labute approximate surface area is 116 Å². The van der Waals surface area contributed by atoms with Gasteiger partial charge in [-0.25, -0.2) is 0 Å². The molecule has 0 aromatic heterocycles. The van der Waals surface area contributed by atoms with Gasteiger partial charge in [0.15, 0.2) is 0 Å². The topological polar surface area (TPSA) is 89.8 Å². The Morgan fingerprint density at radius 2 is 1.75 bits per heavy atom. The van der Waals surface area contributed by atoms with Crippen molar-refractivity contribution in [2.75, 3.05) is 11.9 Å². The normalized spacial score (nSPS) is 10.2. The molecule has 0 saturated carbocycles. The number of aliphatic hydroxyl groups excluding tert-OH is 1. The average molecular weight is 273 g/mol. The standard InChI is InChI=1S/C15H15NO4/c17-8-7-10-1-3-11(4-2-10)16-15(20)13-6-5-12(18)9-14(13)19/h1-6,9,17-19H,7-8H2,(H,16,20). The molecule has 20 heavy (non-hydrogen) atoms. The monoisotopic (exact) mass is 273 g/mol. The van der Waals surface area contributed by atoms with Crippen molar-refractivity contribution in [1.29, 1.82) is 0 Å². The number of hydrogen-bond donors (Lipinski definition) is 4. The lowest BCUT2D eigenvalue weighted by molar-refractivity contribution is 0.102. The number of anilines is 1. The summed E-state index contributed by atoms with van der Waals surface area (Å²) in [6.45, 7) is 0.0765. The minimum absolute atomic E-state index is 0.0765. The van der Waals surface area contributed by atoms with Gasteiger partial charge in [-0.15, -0.1) is 0 Å². The van der Waals surface area contributed by atoms with E-state index in [0.717, 1.165) is 11.6 Å². The van der Waals surface area contributed by atoms with Crippen molar-refractivity contribution < 1.29 is 20.1 Å². The van der Waals surface area contributed by atoms with Crippen LogP contribution in [-0.4, -0.2) is 27.8 Å². The van der Waals surface area contributed by atoms with Crippen LogP contribution in [0, 0.1) is 0 Å². The summed E-state index contributed by atoms with van der Waals surface area (Å²) >= 11 is 0. The molecule has 2 rings (SSSR count). The van der Waals surface area contributed by atoms with Crippen LogP contribution in [0.4, 0.5) is 5.69 Å². The zero-order valence-electron chi connectivity index (χ0n) is 10.7. The number of phenols is 2. The molecule has 5 heteroatoms. The first-order valence-corrected chi connectivity index (χ1v) is 6.13. The van der Waals surface area contributed by atoms with Gasteiger partial charge < -0.3 is 20.6 Å². The fraction of sp³-hybridized carbons (Fsp3) is 0.133. The summed E-state index contributed by atoms with van der Waals surface area (Å²) in [4.78, 5) is 12.0. The van der Waals surface area contributed by atoms with E-state index in [-0.39, 0.29) is 23.7 Å². The maximum atomic E-state index is 12.0. The van der Waals surface area contributed by atoms with Crippen molar-refractivity contribution in [2.24, 2.45) is 0 Å². The number of phenolic OH excluding ortho intramolecular Hbond substituents is 2. The maximum absolute atomic E-state index is 12.0. The molecular formula is C15H15NO4. The molecule has 0 aliphatic heterocycles. The lowest BCUT2D eigenvalue weighted by Gasteiger charge is -2.08. The lowest BCUT2D eigenvalue weighted by Crippen LogP contribution is -2.12. The second-order valence-electron chi connectivity index (χ2n) is 4.33. The number of nitrogens with one attached hydrogen (secondary N) is 1. The molecule has 0 atom stereocenters. The van der Waals surface area contributed by atoms with Gasteiger partial charge in [-0.05, 0) is 36.2 Å². The smallest absolute Gasteiger partial charge is 0.259 e. The third kappa shape index (κ3) is 3.27. The van der Waals surface area contributed by atoms with Crippen LogP contribution in [0.2, 0.25) is 0 Å². The van der Waals surface area contributed by atoms with Crippen LogP contribution in [0.15, 0.2) is 42.5 Å². The number of amides is 1. The Morgan fingerprint density at radius 3 is 2.35 bits per heavy atom. The minimum Gasteiger partial charge on any atom is -0.508 e. The lowest BCUT2D eigenvalue weighted by atomic mass is 10.1. The second kappa shape index (κ2) is 6.08. The Kier molecular flexibility index (Phi) is 4.22. The molecule has 4 N–H and O–H groups in total. The minimum atomic E-state index is -0.461. The van der Waals surface area contributed by atoms with Gasteiger partial charge in [0.25, 0.3) is 5.91 Å². The van der Waals surface area contributed by atoms with Crippen LogP contribution in [0.25, 0.3) is 0 Å². The van der Waals surface area contributed by atoms with E-state index in [9.17, 15) is 15.0 Å². The summed E-state index contributed by atoms with van der Waals surface area (Å²) in [6, 6.07) is 10.9. The van der Waals surface area contributed by atoms with E-state index in [1.54, 1.807) is 12.1 Å². The summed E-state index contributed by atoms with van der Waals surface area (Å²) in [6.07, 6.45) is 0.562. The molecule has 0 spiro atoms. The van der Waals surface area contributed by atoms with E-state index in [2.05, 4.69) is 5.32 Å². The van der Waals surface area contributed by atoms with Crippen LogP contribution >= 0.6 is 0 Å². The first-order valence-electron chi connectivity index (χ1n) is 6.13. The number of carbonyl (C=O) groups excluding carboxylic acids is 1. The fourth-order valence-electron chi connectivity index (χ4n) is 1.79. The molecule has 104 valence electrons. The Hall–Kier alpha value is -2.53.